The molecule has 3 atom stereocenters. The molecule has 0 bridgehead atoms. The number of nitrogens with zero attached hydrogens (tertiary/aromatic N) is 1. The van der Waals surface area contributed by atoms with E-state index in [0.717, 1.165) is 11.2 Å². The minimum atomic E-state index is -3.60. The van der Waals surface area contributed by atoms with Gasteiger partial charge in [0.2, 0.25) is 11.8 Å². The predicted molar refractivity (Wildman–Crippen MR) is 327 cm³/mol. The number of methoxy groups -OCH3 is 3. The topological polar surface area (TPSA) is 349 Å². The van der Waals surface area contributed by atoms with Gasteiger partial charge in [-0.3, -0.25) is 24.1 Å². The smallest absolute Gasteiger partial charge is 0.349 e. The lowest BCUT2D eigenvalue weighted by Crippen LogP contribution is -2.37. The Bertz CT molecular complexity index is 3470. The quantitative estimate of drug-likeness (QED) is 0.0350. The summed E-state index contributed by atoms with van der Waals surface area (Å²) in [4.78, 5) is 72.3. The van der Waals surface area contributed by atoms with E-state index in [1.165, 1.54) is 51.7 Å². The van der Waals surface area contributed by atoms with Crippen molar-refractivity contribution in [3.63, 3.8) is 0 Å². The molecule has 0 radical (unpaired) electrons. The van der Waals surface area contributed by atoms with Crippen molar-refractivity contribution in [3.8, 4) is 34.5 Å². The Labute approximate surface area is 503 Å². The van der Waals surface area contributed by atoms with Crippen LogP contribution in [0.4, 0.5) is 11.4 Å². The molecule has 5 aromatic carbocycles. The standard InChI is InChI=1S/C22H24N2O7S.2C12H19NO4S.C10H7NO4.CH4.H2S/c1-5-31-19-11-14(9-10-18(19)30-3)17(12-32(4,28)29)24-21(26)15-7-6-8-16(23-13(2)25)20(15)22(24)27;2*1-4-17-12-7-9(5-6-11(12)16-2)10(13)8-18(3,14)15;1-5(12)11-7-4-2-3-6-8(7)10(14)15-9(6)13;;/h6-11,17H,5,12H2,1-4H3,(H,23,25);2*5-7,10H,4,8,13H2,1-3H3;2-4H,1H3,(H,11,12);1H4;1H2/t17-;10-;;;;/m11..../s1. The van der Waals surface area contributed by atoms with Crippen LogP contribution < -0.4 is 50.5 Å². The van der Waals surface area contributed by atoms with Gasteiger partial charge in [0.1, 0.15) is 29.5 Å². The van der Waals surface area contributed by atoms with Crippen molar-refractivity contribution in [2.24, 2.45) is 11.5 Å². The maximum Gasteiger partial charge on any atom is 0.349 e. The molecular weight excluding hydrogens is 1190 g/mol. The van der Waals surface area contributed by atoms with Crippen LogP contribution in [0.1, 0.15) is 118 Å². The molecule has 0 spiro atoms. The number of esters is 2. The fourth-order valence-electron chi connectivity index (χ4n) is 8.31. The minimum Gasteiger partial charge on any atom is -0.493 e. The van der Waals surface area contributed by atoms with Gasteiger partial charge in [-0.2, -0.15) is 13.5 Å². The lowest BCUT2D eigenvalue weighted by atomic mass is 10.1. The third kappa shape index (κ3) is 21.1. The highest BCUT2D eigenvalue weighted by Crippen LogP contribution is 2.39. The molecule has 2 aliphatic heterocycles. The van der Waals surface area contributed by atoms with E-state index in [-0.39, 0.29) is 66.3 Å². The summed E-state index contributed by atoms with van der Waals surface area (Å²) in [5.74, 6) is -0.954. The van der Waals surface area contributed by atoms with Gasteiger partial charge in [-0.15, -0.1) is 0 Å². The first-order valence-corrected chi connectivity index (χ1v) is 31.5. The van der Waals surface area contributed by atoms with E-state index in [1.54, 1.807) is 93.9 Å². The van der Waals surface area contributed by atoms with Crippen molar-refractivity contribution in [3.05, 3.63) is 130 Å². The summed E-state index contributed by atoms with van der Waals surface area (Å²) in [7, 11) is -5.25. The first-order valence-electron chi connectivity index (χ1n) is 25.3. The zero-order chi connectivity index (χ0) is 62.1. The van der Waals surface area contributed by atoms with Crippen LogP contribution in [-0.4, -0.2) is 143 Å². The number of sulfone groups is 3. The van der Waals surface area contributed by atoms with Gasteiger partial charge in [0.25, 0.3) is 11.8 Å². The number of nitrogens with one attached hydrogen (secondary N) is 2. The molecule has 4 amide bonds. The van der Waals surface area contributed by atoms with Crippen molar-refractivity contribution in [2.45, 2.75) is 60.2 Å². The average Bonchev–Trinajstić information content (AvgIpc) is 2.25. The number of hydrogen-bond donors (Lipinski definition) is 4. The number of anilines is 2. The van der Waals surface area contributed by atoms with Gasteiger partial charge >= 0.3 is 11.9 Å². The van der Waals surface area contributed by atoms with Gasteiger partial charge in [0, 0.05) is 44.7 Å². The second-order valence-corrected chi connectivity index (χ2v) is 25.1. The molecule has 28 heteroatoms. The predicted octanol–water partition coefficient (Wildman–Crippen LogP) is 6.42. The molecule has 1 unspecified atom stereocenters. The number of carbonyl (C=O) groups is 6. The van der Waals surface area contributed by atoms with E-state index < -0.39 is 83.1 Å². The molecule has 6 N–H and O–H groups in total. The first kappa shape index (κ1) is 73.3. The number of imide groups is 1. The van der Waals surface area contributed by atoms with Crippen LogP contribution >= 0.6 is 13.5 Å². The highest BCUT2D eigenvalue weighted by molar-refractivity contribution is 7.91. The lowest BCUT2D eigenvalue weighted by molar-refractivity contribution is -0.115. The molecule has 85 heavy (non-hydrogen) atoms. The molecule has 0 fully saturated rings. The number of carbonyl (C=O) groups excluding carboxylic acids is 6. The fourth-order valence-corrected chi connectivity index (χ4v) is 10.9. The average molecular weight is 1260 g/mol. The fraction of sp³-hybridized carbons (Fsp3) is 0.368. The Balaban J connectivity index is 0.000000403. The normalized spacial score (nSPS) is 13.3. The van der Waals surface area contributed by atoms with Gasteiger partial charge < -0.3 is 55.3 Å². The number of cyclic esters (lactones) is 2. The van der Waals surface area contributed by atoms with Crippen molar-refractivity contribution in [2.75, 3.05) is 87.8 Å². The van der Waals surface area contributed by atoms with Crippen LogP contribution in [0.25, 0.3) is 0 Å². The summed E-state index contributed by atoms with van der Waals surface area (Å²) in [6.07, 6.45) is 3.37. The van der Waals surface area contributed by atoms with Crippen molar-refractivity contribution < 1.29 is 87.2 Å². The number of hydrogen-bond acceptors (Lipinski definition) is 21. The Hall–Kier alpha value is -7.76. The Kier molecular flexibility index (Phi) is 28.0. The number of rotatable bonds is 21. The van der Waals surface area contributed by atoms with Gasteiger partial charge in [0.15, 0.2) is 34.5 Å². The van der Waals surface area contributed by atoms with Gasteiger partial charge in [-0.25, -0.2) is 34.8 Å². The molecular formula is C57H75N5O19S4. The molecule has 0 aromatic heterocycles. The molecule has 7 rings (SSSR count). The second-order valence-electron chi connectivity index (χ2n) is 18.5. The zero-order valence-electron chi connectivity index (χ0n) is 48.2. The van der Waals surface area contributed by atoms with Crippen LogP contribution in [0.2, 0.25) is 0 Å². The third-order valence-electron chi connectivity index (χ3n) is 11.7. The summed E-state index contributed by atoms with van der Waals surface area (Å²) in [6, 6.07) is 22.0. The van der Waals surface area contributed by atoms with Gasteiger partial charge in [-0.05, 0) is 98.1 Å². The second kappa shape index (κ2) is 32.5. The molecule has 0 saturated carbocycles. The number of nitrogens with two attached hydrogens (primary N) is 2. The van der Waals surface area contributed by atoms with Crippen molar-refractivity contribution in [1.82, 2.24) is 4.90 Å². The van der Waals surface area contributed by atoms with E-state index in [1.807, 2.05) is 13.8 Å². The van der Waals surface area contributed by atoms with E-state index in [2.05, 4.69) is 15.4 Å². The van der Waals surface area contributed by atoms with Crippen LogP contribution in [0.3, 0.4) is 0 Å². The SMILES string of the molecule is C.CC(=O)Nc1cccc2c1C(=O)OC2=O.CCOc1cc(C(N)CS(C)(=O)=O)ccc1OC.CCOc1cc([C@@H](CS(C)(=O)=O)N2C(=O)c3cccc(NC(C)=O)c3C2=O)ccc1OC.CCOc1cc([C@H](N)CS(C)(=O)=O)ccc1OC.S. The molecule has 0 aliphatic carbocycles. The minimum absolute atomic E-state index is 0. The number of benzene rings is 5. The number of ether oxygens (including phenoxy) is 7. The molecule has 2 aliphatic rings. The maximum atomic E-state index is 13.3. The monoisotopic (exact) mass is 1260 g/mol. The number of amides is 4. The Morgan fingerprint density at radius 3 is 1.25 bits per heavy atom. The summed E-state index contributed by atoms with van der Waals surface area (Å²) in [5, 5.41) is 5.02. The van der Waals surface area contributed by atoms with Gasteiger partial charge in [-0.1, -0.05) is 37.8 Å². The first-order chi connectivity index (χ1) is 38.9. The Morgan fingerprint density at radius 1 is 0.518 bits per heavy atom. The Morgan fingerprint density at radius 2 is 0.882 bits per heavy atom. The zero-order valence-corrected chi connectivity index (χ0v) is 51.7. The number of fused-ring (bicyclic) bond motifs is 2. The van der Waals surface area contributed by atoms with Crippen LogP contribution in [0.15, 0.2) is 91.0 Å². The van der Waals surface area contributed by atoms with E-state index >= 15 is 0 Å². The van der Waals surface area contributed by atoms with E-state index in [4.69, 9.17) is 39.9 Å². The van der Waals surface area contributed by atoms with Crippen molar-refractivity contribution >= 4 is 89.9 Å². The molecule has 2 heterocycles. The van der Waals surface area contributed by atoms with E-state index in [0.29, 0.717) is 76.7 Å². The van der Waals surface area contributed by atoms with Crippen molar-refractivity contribution in [1.29, 1.82) is 0 Å². The summed E-state index contributed by atoms with van der Waals surface area (Å²) in [5.41, 5.74) is 14.5. The van der Waals surface area contributed by atoms with Crippen LogP contribution in [-0.2, 0) is 43.8 Å². The molecule has 0 saturated heterocycles. The summed E-state index contributed by atoms with van der Waals surface area (Å²) in [6.45, 7) is 9.46. The molecule has 466 valence electrons. The van der Waals surface area contributed by atoms with Gasteiger partial charge in [0.05, 0.1) is 98.1 Å². The highest BCUT2D eigenvalue weighted by Gasteiger charge is 2.43. The van der Waals surface area contributed by atoms with Crippen LogP contribution in [0.5, 0.6) is 34.5 Å². The lowest BCUT2D eigenvalue weighted by Gasteiger charge is -2.27. The largest absolute Gasteiger partial charge is 0.493 e. The molecule has 5 aromatic rings. The molecule has 24 nitrogen and oxygen atoms in total. The highest BCUT2D eigenvalue weighted by atomic mass is 32.2. The summed E-state index contributed by atoms with van der Waals surface area (Å²) >= 11 is 0. The van der Waals surface area contributed by atoms with E-state index in [9.17, 15) is 54.0 Å². The summed E-state index contributed by atoms with van der Waals surface area (Å²) < 4.78 is 106. The van der Waals surface area contributed by atoms with Crippen LogP contribution in [0, 0.1) is 0 Å². The third-order valence-corrected chi connectivity index (χ3v) is 14.5. The maximum absolute atomic E-state index is 13.3.